The molecule has 1 saturated heterocycles. The van der Waals surface area contributed by atoms with Crippen LogP contribution in [0.5, 0.6) is 0 Å². The summed E-state index contributed by atoms with van der Waals surface area (Å²) in [5, 5.41) is 5.16. The van der Waals surface area contributed by atoms with E-state index < -0.39 is 5.79 Å². The van der Waals surface area contributed by atoms with Crippen molar-refractivity contribution in [3.63, 3.8) is 0 Å². The number of ether oxygens (including phenoxy) is 2. The van der Waals surface area contributed by atoms with E-state index >= 15 is 0 Å². The fourth-order valence-electron chi connectivity index (χ4n) is 2.63. The van der Waals surface area contributed by atoms with Crippen LogP contribution in [0.1, 0.15) is 12.7 Å². The number of aromatic nitrogens is 3. The van der Waals surface area contributed by atoms with Crippen LogP contribution in [0.3, 0.4) is 0 Å². The van der Waals surface area contributed by atoms with E-state index in [0.717, 1.165) is 11.0 Å². The normalized spacial score (nSPS) is 25.7. The lowest BCUT2D eigenvalue weighted by Crippen LogP contribution is -2.33. The molecule has 0 amide bonds. The third-order valence-electron chi connectivity index (χ3n) is 3.58. The van der Waals surface area contributed by atoms with Crippen LogP contribution in [0.4, 0.5) is 0 Å². The van der Waals surface area contributed by atoms with Crippen LogP contribution >= 0.6 is 0 Å². The quantitative estimate of drug-likeness (QED) is 0.739. The number of furan rings is 1. The van der Waals surface area contributed by atoms with E-state index in [1.165, 1.54) is 6.33 Å². The van der Waals surface area contributed by atoms with Gasteiger partial charge in [0.2, 0.25) is 5.79 Å². The molecule has 6 heteroatoms. The van der Waals surface area contributed by atoms with Crippen LogP contribution in [0.15, 0.2) is 47.4 Å². The van der Waals surface area contributed by atoms with Gasteiger partial charge < -0.3 is 13.9 Å². The Morgan fingerprint density at radius 1 is 1.38 bits per heavy atom. The first-order chi connectivity index (χ1) is 10.3. The van der Waals surface area contributed by atoms with Crippen LogP contribution in [-0.4, -0.2) is 27.5 Å². The second-order valence-electron chi connectivity index (χ2n) is 5.23. The average molecular weight is 285 g/mol. The van der Waals surface area contributed by atoms with Crippen molar-refractivity contribution in [2.24, 2.45) is 0 Å². The Morgan fingerprint density at radius 2 is 2.29 bits per heavy atom. The molecular weight excluding hydrogens is 270 g/mol. The van der Waals surface area contributed by atoms with E-state index in [1.54, 1.807) is 11.0 Å². The van der Waals surface area contributed by atoms with E-state index in [1.807, 2.05) is 37.3 Å². The number of hydrogen-bond donors (Lipinski definition) is 0. The maximum absolute atomic E-state index is 6.03. The lowest BCUT2D eigenvalue weighted by molar-refractivity contribution is -0.198. The van der Waals surface area contributed by atoms with Crippen LogP contribution in [0.25, 0.3) is 11.0 Å². The molecular formula is C15H15N3O3. The Labute approximate surface area is 121 Å². The third kappa shape index (κ3) is 2.12. The molecule has 3 aromatic rings. The second-order valence-corrected chi connectivity index (χ2v) is 5.23. The Hall–Kier alpha value is -2.18. The van der Waals surface area contributed by atoms with Crippen molar-refractivity contribution in [3.8, 4) is 0 Å². The minimum absolute atomic E-state index is 0.00161. The van der Waals surface area contributed by atoms with E-state index in [0.29, 0.717) is 18.9 Å². The van der Waals surface area contributed by atoms with Gasteiger partial charge in [0.25, 0.3) is 0 Å². The summed E-state index contributed by atoms with van der Waals surface area (Å²) < 4.78 is 19.6. The molecule has 4 rings (SSSR count). The highest BCUT2D eigenvalue weighted by Gasteiger charge is 2.45. The molecule has 0 N–H and O–H groups in total. The maximum Gasteiger partial charge on any atom is 0.249 e. The van der Waals surface area contributed by atoms with Gasteiger partial charge in [0.05, 0.1) is 12.7 Å². The molecule has 2 aromatic heterocycles. The van der Waals surface area contributed by atoms with Crippen molar-refractivity contribution in [1.29, 1.82) is 0 Å². The van der Waals surface area contributed by atoms with Crippen molar-refractivity contribution < 1.29 is 13.9 Å². The van der Waals surface area contributed by atoms with Gasteiger partial charge >= 0.3 is 0 Å². The van der Waals surface area contributed by atoms with Gasteiger partial charge in [0.15, 0.2) is 5.76 Å². The topological polar surface area (TPSA) is 62.3 Å². The highest BCUT2D eigenvalue weighted by atomic mass is 16.8. The first-order valence-corrected chi connectivity index (χ1v) is 6.88. The molecule has 1 aromatic carbocycles. The molecule has 2 atom stereocenters. The molecule has 0 radical (unpaired) electrons. The van der Waals surface area contributed by atoms with Gasteiger partial charge in [-0.3, -0.25) is 0 Å². The second kappa shape index (κ2) is 4.68. The van der Waals surface area contributed by atoms with E-state index in [9.17, 15) is 0 Å². The zero-order valence-electron chi connectivity index (χ0n) is 11.6. The molecule has 1 aliphatic rings. The fourth-order valence-corrected chi connectivity index (χ4v) is 2.63. The highest BCUT2D eigenvalue weighted by Crippen LogP contribution is 2.38. The number of nitrogens with zero attached hydrogens (tertiary/aromatic N) is 3. The molecule has 3 heterocycles. The van der Waals surface area contributed by atoms with E-state index in [4.69, 9.17) is 13.9 Å². The Bertz CT molecular complexity index is 719. The van der Waals surface area contributed by atoms with E-state index in [-0.39, 0.29) is 6.10 Å². The predicted molar refractivity (Wildman–Crippen MR) is 74.4 cm³/mol. The smallest absolute Gasteiger partial charge is 0.249 e. The molecule has 1 fully saturated rings. The van der Waals surface area contributed by atoms with Crippen molar-refractivity contribution in [1.82, 2.24) is 14.8 Å². The summed E-state index contributed by atoms with van der Waals surface area (Å²) in [6, 6.07) is 9.82. The predicted octanol–water partition coefficient (Wildman–Crippen LogP) is 2.31. The van der Waals surface area contributed by atoms with Gasteiger partial charge in [-0.25, -0.2) is 9.67 Å². The lowest BCUT2D eigenvalue weighted by atomic mass is 10.2. The first-order valence-electron chi connectivity index (χ1n) is 6.88. The third-order valence-corrected chi connectivity index (χ3v) is 3.58. The minimum Gasteiger partial charge on any atom is -0.455 e. The van der Waals surface area contributed by atoms with Crippen molar-refractivity contribution in [2.45, 2.75) is 25.4 Å². The van der Waals surface area contributed by atoms with Crippen molar-refractivity contribution >= 4 is 11.0 Å². The largest absolute Gasteiger partial charge is 0.455 e. The minimum atomic E-state index is -0.952. The number of benzene rings is 1. The van der Waals surface area contributed by atoms with Gasteiger partial charge in [-0.15, -0.1) is 0 Å². The van der Waals surface area contributed by atoms with Crippen LogP contribution < -0.4 is 0 Å². The first kappa shape index (κ1) is 12.6. The Morgan fingerprint density at radius 3 is 3.00 bits per heavy atom. The van der Waals surface area contributed by atoms with E-state index in [2.05, 4.69) is 10.1 Å². The number of rotatable bonds is 3. The van der Waals surface area contributed by atoms with Crippen molar-refractivity contribution in [3.05, 3.63) is 48.7 Å². The molecule has 21 heavy (non-hydrogen) atoms. The van der Waals surface area contributed by atoms with Gasteiger partial charge in [-0.05, 0) is 19.1 Å². The van der Waals surface area contributed by atoms with Gasteiger partial charge in [0, 0.05) is 5.39 Å². The summed E-state index contributed by atoms with van der Waals surface area (Å²) in [7, 11) is 0. The van der Waals surface area contributed by atoms with Crippen LogP contribution in [0.2, 0.25) is 0 Å². The summed E-state index contributed by atoms with van der Waals surface area (Å²) >= 11 is 0. The van der Waals surface area contributed by atoms with Crippen LogP contribution in [0, 0.1) is 0 Å². The monoisotopic (exact) mass is 285 g/mol. The number of fused-ring (bicyclic) bond motifs is 1. The Kier molecular flexibility index (Phi) is 2.80. The van der Waals surface area contributed by atoms with Crippen LogP contribution in [-0.2, 0) is 21.8 Å². The zero-order chi connectivity index (χ0) is 14.3. The summed E-state index contributed by atoms with van der Waals surface area (Å²) in [5.74, 6) is -0.296. The highest BCUT2D eigenvalue weighted by molar-refractivity contribution is 5.77. The molecule has 0 aliphatic carbocycles. The maximum atomic E-state index is 6.03. The number of para-hydroxylation sites is 1. The average Bonchev–Trinajstić information content (AvgIpc) is 3.19. The molecule has 0 bridgehead atoms. The SMILES string of the molecule is CC1COC(Cn2cncn2)(c2cc3ccccc3o2)O1. The fraction of sp³-hybridized carbons (Fsp3) is 0.333. The summed E-state index contributed by atoms with van der Waals surface area (Å²) in [4.78, 5) is 3.96. The standard InChI is InChI=1S/C15H15N3O3/c1-11-7-19-15(21-11,8-18-10-16-9-17-18)14-6-12-4-2-3-5-13(12)20-14/h2-6,9-11H,7-8H2,1H3. The molecule has 0 saturated carbocycles. The molecule has 1 aliphatic heterocycles. The van der Waals surface area contributed by atoms with Gasteiger partial charge in [0.1, 0.15) is 24.8 Å². The number of hydrogen-bond acceptors (Lipinski definition) is 5. The van der Waals surface area contributed by atoms with Gasteiger partial charge in [-0.2, -0.15) is 5.10 Å². The molecule has 0 spiro atoms. The summed E-state index contributed by atoms with van der Waals surface area (Å²) in [6.45, 7) is 2.90. The zero-order valence-corrected chi connectivity index (χ0v) is 11.6. The van der Waals surface area contributed by atoms with Gasteiger partial charge in [-0.1, -0.05) is 18.2 Å². The lowest BCUT2D eigenvalue weighted by Gasteiger charge is -2.25. The summed E-state index contributed by atoms with van der Waals surface area (Å²) in [6.07, 6.45) is 3.13. The molecule has 108 valence electrons. The van der Waals surface area contributed by atoms with Crippen molar-refractivity contribution in [2.75, 3.05) is 6.61 Å². The Balaban J connectivity index is 1.78. The summed E-state index contributed by atoms with van der Waals surface area (Å²) in [5.41, 5.74) is 0.817. The molecule has 2 unspecified atom stereocenters. The molecule has 6 nitrogen and oxygen atoms in total.